The predicted octanol–water partition coefficient (Wildman–Crippen LogP) is 7.83. The van der Waals surface area contributed by atoms with Gasteiger partial charge in [-0.2, -0.15) is 13.2 Å². The highest BCUT2D eigenvalue weighted by Gasteiger charge is 2.34. The quantitative estimate of drug-likeness (QED) is 0.210. The number of H-pyrrole nitrogens is 1. The Balaban J connectivity index is 1.33. The molecule has 0 unspecified atom stereocenters. The molecule has 1 N–H and O–H groups in total. The number of nitrogens with zero attached hydrogens (tertiary/aromatic N) is 3. The second-order valence-corrected chi connectivity index (χ2v) is 11.1. The molecule has 4 rings (SSSR count). The minimum atomic E-state index is -4.59. The number of alkyl halides is 3. The van der Waals surface area contributed by atoms with E-state index in [1.807, 2.05) is 13.0 Å². The number of hydrogen-bond acceptors (Lipinski definition) is 3. The van der Waals surface area contributed by atoms with Crippen molar-refractivity contribution in [3.05, 3.63) is 45.4 Å². The lowest BCUT2D eigenvalue weighted by molar-refractivity contribution is -0.136. The summed E-state index contributed by atoms with van der Waals surface area (Å²) in [6.45, 7) is 11.8. The van der Waals surface area contributed by atoms with Gasteiger partial charge in [0.05, 0.1) is 5.56 Å². The smallest absolute Gasteiger partial charge is 0.344 e. The molecule has 0 bridgehead atoms. The van der Waals surface area contributed by atoms with Crippen LogP contribution in [0.5, 0.6) is 0 Å². The molecule has 39 heavy (non-hydrogen) atoms. The van der Waals surface area contributed by atoms with E-state index in [0.717, 1.165) is 42.6 Å². The Hall–Kier alpha value is -2.32. The molecule has 1 fully saturated rings. The maximum atomic E-state index is 13.9. The summed E-state index contributed by atoms with van der Waals surface area (Å²) < 4.78 is 44.0. The second kappa shape index (κ2) is 13.4. The Labute approximate surface area is 230 Å². The summed E-state index contributed by atoms with van der Waals surface area (Å²) in [7, 11) is 0. The van der Waals surface area contributed by atoms with E-state index in [4.69, 9.17) is 0 Å². The number of hydrogen-bond donors (Lipinski definition) is 1. The molecule has 3 aromatic rings. The summed E-state index contributed by atoms with van der Waals surface area (Å²) in [5, 5.41) is 5.83. The first-order chi connectivity index (χ1) is 18.8. The van der Waals surface area contributed by atoms with Gasteiger partial charge in [-0.25, -0.2) is 10.0 Å². The zero-order valence-corrected chi connectivity index (χ0v) is 23.9. The number of rotatable bonds is 14. The fourth-order valence-electron chi connectivity index (χ4n) is 6.46. The minimum Gasteiger partial charge on any atom is -0.344 e. The zero-order valence-electron chi connectivity index (χ0n) is 23.9. The van der Waals surface area contributed by atoms with Crippen LogP contribution in [0.25, 0.3) is 21.8 Å². The third kappa shape index (κ3) is 6.88. The lowest BCUT2D eigenvalue weighted by Crippen LogP contribution is -2.41. The van der Waals surface area contributed by atoms with Crippen molar-refractivity contribution < 1.29 is 13.2 Å². The van der Waals surface area contributed by atoms with Crippen LogP contribution in [-0.4, -0.2) is 45.7 Å². The lowest BCUT2D eigenvalue weighted by Gasteiger charge is -2.31. The van der Waals surface area contributed by atoms with Crippen LogP contribution in [0.4, 0.5) is 13.2 Å². The van der Waals surface area contributed by atoms with Crippen LogP contribution in [0.1, 0.15) is 94.9 Å². The first kappa shape index (κ1) is 29.7. The summed E-state index contributed by atoms with van der Waals surface area (Å²) in [6.07, 6.45) is 8.33. The number of unbranched alkanes of at least 4 members (excludes halogenated alkanes) is 6. The first-order valence-electron chi connectivity index (χ1n) is 15.0. The van der Waals surface area contributed by atoms with E-state index in [9.17, 15) is 18.0 Å². The molecule has 0 radical (unpaired) electrons. The van der Waals surface area contributed by atoms with Crippen LogP contribution >= 0.6 is 0 Å². The highest BCUT2D eigenvalue weighted by Crippen LogP contribution is 2.39. The van der Waals surface area contributed by atoms with Gasteiger partial charge >= 0.3 is 6.18 Å². The number of aromatic nitrogens is 2. The standard InChI is InChI=1S/C31H45F3N4O/c1-4-17-36(37-19-13-14-20-37)18-11-9-7-6-8-10-12-21-38-26(5-2)23(3)29-27(38)16-15-25-30(29)24(31(32,33)34)22-28(39)35-25/h15-16,22H,4-14,17-21H2,1-3H3,(H,35,39). The summed E-state index contributed by atoms with van der Waals surface area (Å²) in [4.78, 5) is 14.5. The molecule has 1 saturated heterocycles. The normalized spacial score (nSPS) is 14.9. The Morgan fingerprint density at radius 2 is 1.59 bits per heavy atom. The molecule has 8 heteroatoms. The van der Waals surface area contributed by atoms with Crippen LogP contribution < -0.4 is 5.56 Å². The van der Waals surface area contributed by atoms with Gasteiger partial charge in [0.1, 0.15) is 0 Å². The molecule has 216 valence electrons. The van der Waals surface area contributed by atoms with E-state index in [2.05, 4.69) is 33.4 Å². The number of halogens is 3. The number of hydrazine groups is 1. The van der Waals surface area contributed by atoms with Gasteiger partial charge in [-0.1, -0.05) is 46.0 Å². The van der Waals surface area contributed by atoms with E-state index < -0.39 is 17.3 Å². The molecule has 1 aliphatic heterocycles. The van der Waals surface area contributed by atoms with E-state index in [-0.39, 0.29) is 10.9 Å². The molecule has 0 spiro atoms. The average Bonchev–Trinajstić information content (AvgIpc) is 3.52. The molecule has 0 saturated carbocycles. The van der Waals surface area contributed by atoms with E-state index in [0.29, 0.717) is 11.5 Å². The summed E-state index contributed by atoms with van der Waals surface area (Å²) in [5.74, 6) is 0. The molecule has 0 aliphatic carbocycles. The minimum absolute atomic E-state index is 0.104. The Kier molecular flexibility index (Phi) is 10.2. The predicted molar refractivity (Wildman–Crippen MR) is 154 cm³/mol. The molecular weight excluding hydrogens is 501 g/mol. The Morgan fingerprint density at radius 1 is 0.923 bits per heavy atom. The van der Waals surface area contributed by atoms with Gasteiger partial charge in [0, 0.05) is 66.3 Å². The van der Waals surface area contributed by atoms with Crippen LogP contribution in [0, 0.1) is 6.92 Å². The molecule has 5 nitrogen and oxygen atoms in total. The van der Waals surface area contributed by atoms with Crippen molar-refractivity contribution in [2.75, 3.05) is 26.2 Å². The molecule has 1 aliphatic rings. The van der Waals surface area contributed by atoms with Gasteiger partial charge in [0.2, 0.25) is 5.56 Å². The molecular formula is C31H45F3N4O. The number of pyridine rings is 1. The Bertz CT molecular complexity index is 1290. The van der Waals surface area contributed by atoms with Gasteiger partial charge < -0.3 is 9.55 Å². The third-order valence-electron chi connectivity index (χ3n) is 8.31. The van der Waals surface area contributed by atoms with Gasteiger partial charge in [-0.3, -0.25) is 4.79 Å². The summed E-state index contributed by atoms with van der Waals surface area (Å²) in [5.41, 5.74) is 1.43. The summed E-state index contributed by atoms with van der Waals surface area (Å²) in [6, 6.07) is 4.18. The van der Waals surface area contributed by atoms with Crippen molar-refractivity contribution in [3.63, 3.8) is 0 Å². The number of aryl methyl sites for hydroxylation is 2. The van der Waals surface area contributed by atoms with Crippen LogP contribution in [-0.2, 0) is 19.1 Å². The Morgan fingerprint density at radius 3 is 2.23 bits per heavy atom. The number of aromatic amines is 1. The van der Waals surface area contributed by atoms with Crippen molar-refractivity contribution >= 4 is 21.8 Å². The van der Waals surface area contributed by atoms with Crippen molar-refractivity contribution in [1.29, 1.82) is 0 Å². The van der Waals surface area contributed by atoms with Gasteiger partial charge in [-0.15, -0.1) is 0 Å². The SMILES string of the molecule is CCCN(CCCCCCCCCn1c(CC)c(C)c2c3c(C(F)(F)F)cc(=O)[nH]c3ccc21)N1CCCC1. The van der Waals surface area contributed by atoms with E-state index in [1.54, 1.807) is 6.07 Å². The fourth-order valence-corrected chi connectivity index (χ4v) is 6.46. The lowest BCUT2D eigenvalue weighted by atomic mass is 10.0. The number of fused-ring (bicyclic) bond motifs is 3. The largest absolute Gasteiger partial charge is 0.417 e. The van der Waals surface area contributed by atoms with Gasteiger partial charge in [0.15, 0.2) is 0 Å². The van der Waals surface area contributed by atoms with Crippen molar-refractivity contribution in [3.8, 4) is 0 Å². The van der Waals surface area contributed by atoms with Crippen LogP contribution in [0.2, 0.25) is 0 Å². The van der Waals surface area contributed by atoms with E-state index in [1.165, 1.54) is 77.5 Å². The van der Waals surface area contributed by atoms with Crippen LogP contribution in [0.15, 0.2) is 23.0 Å². The van der Waals surface area contributed by atoms with Crippen molar-refractivity contribution in [2.45, 2.75) is 104 Å². The molecule has 1 aromatic carbocycles. The third-order valence-corrected chi connectivity index (χ3v) is 8.31. The highest BCUT2D eigenvalue weighted by atomic mass is 19.4. The maximum absolute atomic E-state index is 13.9. The molecule has 0 atom stereocenters. The zero-order chi connectivity index (χ0) is 28.0. The van der Waals surface area contributed by atoms with Crippen LogP contribution in [0.3, 0.4) is 0 Å². The number of benzene rings is 1. The van der Waals surface area contributed by atoms with E-state index >= 15 is 0 Å². The van der Waals surface area contributed by atoms with Gasteiger partial charge in [0.25, 0.3) is 0 Å². The molecule has 0 amide bonds. The highest BCUT2D eigenvalue weighted by molar-refractivity contribution is 6.09. The first-order valence-corrected chi connectivity index (χ1v) is 15.0. The van der Waals surface area contributed by atoms with Crippen molar-refractivity contribution in [2.24, 2.45) is 0 Å². The maximum Gasteiger partial charge on any atom is 0.417 e. The fraction of sp³-hybridized carbons (Fsp3) is 0.645. The second-order valence-electron chi connectivity index (χ2n) is 11.1. The van der Waals surface area contributed by atoms with Gasteiger partial charge in [-0.05, 0) is 63.1 Å². The average molecular weight is 547 g/mol. The summed E-state index contributed by atoms with van der Waals surface area (Å²) >= 11 is 0. The number of nitrogens with one attached hydrogen (secondary N) is 1. The molecule has 3 heterocycles. The topological polar surface area (TPSA) is 44.3 Å². The van der Waals surface area contributed by atoms with Crippen molar-refractivity contribution in [1.82, 2.24) is 19.6 Å². The monoisotopic (exact) mass is 546 g/mol. The molecule has 2 aromatic heterocycles.